The summed E-state index contributed by atoms with van der Waals surface area (Å²) in [6, 6.07) is 13.1. The van der Waals surface area contributed by atoms with Crippen LogP contribution in [0.3, 0.4) is 0 Å². The van der Waals surface area contributed by atoms with Gasteiger partial charge >= 0.3 is 6.18 Å². The van der Waals surface area contributed by atoms with Gasteiger partial charge in [0, 0.05) is 42.5 Å². The van der Waals surface area contributed by atoms with E-state index in [1.54, 1.807) is 13.3 Å². The van der Waals surface area contributed by atoms with Gasteiger partial charge in [-0.1, -0.05) is 36.9 Å². The molecule has 0 unspecified atom stereocenters. The molecular weight excluding hydrogens is 365 g/mol. The first kappa shape index (κ1) is 19.9. The third kappa shape index (κ3) is 4.70. The van der Waals surface area contributed by atoms with Crippen molar-refractivity contribution < 1.29 is 17.9 Å². The van der Waals surface area contributed by atoms with Crippen LogP contribution in [0, 0.1) is 0 Å². The number of para-hydroxylation sites is 1. The Hall–Kier alpha value is -2.86. The molecule has 0 aliphatic heterocycles. The summed E-state index contributed by atoms with van der Waals surface area (Å²) in [5.41, 5.74) is 3.04. The van der Waals surface area contributed by atoms with Gasteiger partial charge in [0.05, 0.1) is 18.7 Å². The normalized spacial score (nSPS) is 12.1. The number of aliphatic imine (C=N–C) groups is 1. The largest absolute Gasteiger partial charge is 0.416 e. The van der Waals surface area contributed by atoms with Crippen LogP contribution in [0.25, 0.3) is 10.9 Å². The molecule has 0 amide bonds. The average molecular weight is 386 g/mol. The first-order chi connectivity index (χ1) is 13.4. The van der Waals surface area contributed by atoms with Crippen LogP contribution in [-0.2, 0) is 24.0 Å². The quantitative estimate of drug-likeness (QED) is 0.390. The zero-order chi connectivity index (χ0) is 20.1. The van der Waals surface area contributed by atoms with Gasteiger partial charge in [0.2, 0.25) is 0 Å². The molecule has 0 fully saturated rings. The third-order valence-electron chi connectivity index (χ3n) is 4.35. The molecule has 1 heterocycles. The van der Waals surface area contributed by atoms with Crippen LogP contribution in [0.4, 0.5) is 13.2 Å². The lowest BCUT2D eigenvalue weighted by atomic mass is 10.1. The highest BCUT2D eigenvalue weighted by Crippen LogP contribution is 2.29. The van der Waals surface area contributed by atoms with E-state index in [-0.39, 0.29) is 0 Å². The Morgan fingerprint density at radius 3 is 2.54 bits per heavy atom. The number of halogens is 3. The Labute approximate surface area is 161 Å². The smallest absolute Gasteiger partial charge is 0.380 e. The maximum atomic E-state index is 12.6. The van der Waals surface area contributed by atoms with Crippen LogP contribution in [0.1, 0.15) is 16.7 Å². The van der Waals surface area contributed by atoms with Crippen LogP contribution in [0.5, 0.6) is 0 Å². The maximum absolute atomic E-state index is 12.6. The molecule has 0 atom stereocenters. The Kier molecular flexibility index (Phi) is 5.99. The van der Waals surface area contributed by atoms with Crippen molar-refractivity contribution in [3.8, 4) is 0 Å². The lowest BCUT2D eigenvalue weighted by Gasteiger charge is -2.07. The van der Waals surface area contributed by atoms with Crippen molar-refractivity contribution in [2.45, 2.75) is 19.3 Å². The van der Waals surface area contributed by atoms with E-state index in [9.17, 15) is 13.2 Å². The molecule has 0 aliphatic rings. The Morgan fingerprint density at radius 1 is 1.14 bits per heavy atom. The zero-order valence-corrected chi connectivity index (χ0v) is 15.5. The fourth-order valence-corrected chi connectivity index (χ4v) is 3.05. The fourth-order valence-electron chi connectivity index (χ4n) is 3.05. The minimum atomic E-state index is -4.32. The molecule has 146 valence electrons. The summed E-state index contributed by atoms with van der Waals surface area (Å²) in [5.74, 6) is 0. The molecule has 0 saturated carbocycles. The SMILES string of the molecule is C=C(COC)Cn1cc(C=NCc2ccc(C(F)(F)F)cc2)c2ccccc21. The maximum Gasteiger partial charge on any atom is 0.416 e. The van der Waals surface area contributed by atoms with Gasteiger partial charge in [-0.25, -0.2) is 0 Å². The van der Waals surface area contributed by atoms with E-state index >= 15 is 0 Å². The summed E-state index contributed by atoms with van der Waals surface area (Å²) in [6.07, 6.45) is -0.562. The molecule has 28 heavy (non-hydrogen) atoms. The highest BCUT2D eigenvalue weighted by molar-refractivity contribution is 5.99. The number of nitrogens with zero attached hydrogens (tertiary/aromatic N) is 2. The lowest BCUT2D eigenvalue weighted by molar-refractivity contribution is -0.137. The number of ether oxygens (including phenoxy) is 1. The summed E-state index contributed by atoms with van der Waals surface area (Å²) >= 11 is 0. The summed E-state index contributed by atoms with van der Waals surface area (Å²) in [5, 5.41) is 1.06. The van der Waals surface area contributed by atoms with E-state index in [1.165, 1.54) is 12.1 Å². The first-order valence-electron chi connectivity index (χ1n) is 8.78. The van der Waals surface area contributed by atoms with Crippen LogP contribution < -0.4 is 0 Å². The molecule has 2 aromatic carbocycles. The van der Waals surface area contributed by atoms with Gasteiger partial charge < -0.3 is 9.30 Å². The number of hydrogen-bond acceptors (Lipinski definition) is 2. The van der Waals surface area contributed by atoms with Crippen LogP contribution in [0.2, 0.25) is 0 Å². The predicted molar refractivity (Wildman–Crippen MR) is 106 cm³/mol. The second-order valence-electron chi connectivity index (χ2n) is 6.58. The Bertz CT molecular complexity index is 985. The number of rotatable bonds is 7. The van der Waals surface area contributed by atoms with Gasteiger partial charge in [-0.3, -0.25) is 4.99 Å². The summed E-state index contributed by atoms with van der Waals surface area (Å²) in [6.45, 7) is 5.47. The topological polar surface area (TPSA) is 26.5 Å². The van der Waals surface area contributed by atoms with E-state index in [0.717, 1.165) is 39.7 Å². The second-order valence-corrected chi connectivity index (χ2v) is 6.58. The summed E-state index contributed by atoms with van der Waals surface area (Å²) in [7, 11) is 1.64. The molecule has 6 heteroatoms. The number of fused-ring (bicyclic) bond motifs is 1. The van der Waals surface area contributed by atoms with Gasteiger partial charge in [-0.15, -0.1) is 0 Å². The van der Waals surface area contributed by atoms with Crippen molar-refractivity contribution in [2.75, 3.05) is 13.7 Å². The van der Waals surface area contributed by atoms with E-state index in [0.29, 0.717) is 19.7 Å². The van der Waals surface area contributed by atoms with Crippen molar-refractivity contribution in [3.05, 3.63) is 83.6 Å². The standard InChI is InChI=1S/C22H21F3N2O/c1-16(15-28-2)13-27-14-18(20-5-3-4-6-21(20)27)12-26-11-17-7-9-19(10-8-17)22(23,24)25/h3-10,12,14H,1,11,13,15H2,2H3. The summed E-state index contributed by atoms with van der Waals surface area (Å²) < 4.78 is 45.1. The monoisotopic (exact) mass is 386 g/mol. The molecule has 0 saturated heterocycles. The molecule has 0 spiro atoms. The van der Waals surface area contributed by atoms with Crippen molar-refractivity contribution >= 4 is 17.1 Å². The highest BCUT2D eigenvalue weighted by atomic mass is 19.4. The molecular formula is C22H21F3N2O. The van der Waals surface area contributed by atoms with Crippen molar-refractivity contribution in [1.82, 2.24) is 4.57 Å². The number of alkyl halides is 3. The Morgan fingerprint density at radius 2 is 1.86 bits per heavy atom. The van der Waals surface area contributed by atoms with Crippen molar-refractivity contribution in [1.29, 1.82) is 0 Å². The van der Waals surface area contributed by atoms with Crippen LogP contribution in [0.15, 0.2) is 71.9 Å². The minimum absolute atomic E-state index is 0.314. The fraction of sp³-hybridized carbons (Fsp3) is 0.227. The number of hydrogen-bond donors (Lipinski definition) is 0. The van der Waals surface area contributed by atoms with Crippen molar-refractivity contribution in [3.63, 3.8) is 0 Å². The summed E-state index contributed by atoms with van der Waals surface area (Å²) in [4.78, 5) is 4.42. The average Bonchev–Trinajstić information content (AvgIpc) is 2.99. The molecule has 3 aromatic rings. The van der Waals surface area contributed by atoms with Gasteiger partial charge in [0.15, 0.2) is 0 Å². The van der Waals surface area contributed by atoms with E-state index < -0.39 is 11.7 Å². The number of benzene rings is 2. The molecule has 0 aliphatic carbocycles. The second kappa shape index (κ2) is 8.44. The van der Waals surface area contributed by atoms with E-state index in [2.05, 4.69) is 16.1 Å². The van der Waals surface area contributed by atoms with Crippen LogP contribution >= 0.6 is 0 Å². The molecule has 0 radical (unpaired) electrons. The molecule has 1 aromatic heterocycles. The highest BCUT2D eigenvalue weighted by Gasteiger charge is 2.29. The first-order valence-corrected chi connectivity index (χ1v) is 8.78. The minimum Gasteiger partial charge on any atom is -0.380 e. The van der Waals surface area contributed by atoms with Gasteiger partial charge in [-0.2, -0.15) is 13.2 Å². The van der Waals surface area contributed by atoms with Gasteiger partial charge in [-0.05, 0) is 29.3 Å². The molecule has 3 nitrogen and oxygen atoms in total. The third-order valence-corrected chi connectivity index (χ3v) is 4.35. The van der Waals surface area contributed by atoms with Gasteiger partial charge in [0.25, 0.3) is 0 Å². The molecule has 0 bridgehead atoms. The van der Waals surface area contributed by atoms with Gasteiger partial charge in [0.1, 0.15) is 0 Å². The molecule has 3 rings (SSSR count). The lowest BCUT2D eigenvalue weighted by Crippen LogP contribution is -2.04. The Balaban J connectivity index is 1.77. The number of methoxy groups -OCH3 is 1. The van der Waals surface area contributed by atoms with Crippen molar-refractivity contribution in [2.24, 2.45) is 4.99 Å². The van der Waals surface area contributed by atoms with E-state index in [4.69, 9.17) is 4.74 Å². The number of aromatic nitrogens is 1. The predicted octanol–water partition coefficient (Wildman–Crippen LogP) is 5.48. The molecule has 0 N–H and O–H groups in total. The van der Waals surface area contributed by atoms with Crippen LogP contribution in [-0.4, -0.2) is 24.5 Å². The van der Waals surface area contributed by atoms with E-state index in [1.807, 2.05) is 30.5 Å². The zero-order valence-electron chi connectivity index (χ0n) is 15.5.